The van der Waals surface area contributed by atoms with Gasteiger partial charge in [0.2, 0.25) is 0 Å². The minimum atomic E-state index is 0.174. The highest BCUT2D eigenvalue weighted by Gasteiger charge is 2.26. The van der Waals surface area contributed by atoms with E-state index in [0.717, 1.165) is 25.0 Å². The quantitative estimate of drug-likeness (QED) is 0.670. The molecule has 0 heterocycles. The van der Waals surface area contributed by atoms with Gasteiger partial charge < -0.3 is 4.79 Å². The van der Waals surface area contributed by atoms with Crippen molar-refractivity contribution in [2.24, 2.45) is 0 Å². The number of hydrogen-bond acceptors (Lipinski definition) is 1. The minimum absolute atomic E-state index is 0.174. The van der Waals surface area contributed by atoms with Crippen LogP contribution in [0.15, 0.2) is 18.2 Å². The van der Waals surface area contributed by atoms with Gasteiger partial charge in [-0.25, -0.2) is 0 Å². The van der Waals surface area contributed by atoms with Gasteiger partial charge in [-0.3, -0.25) is 0 Å². The number of hydrogen-bond donors (Lipinski definition) is 0. The Morgan fingerprint density at radius 2 is 2.07 bits per heavy atom. The van der Waals surface area contributed by atoms with Crippen LogP contribution in [0, 0.1) is 0 Å². The molecule has 15 heavy (non-hydrogen) atoms. The Morgan fingerprint density at radius 3 is 2.80 bits per heavy atom. The van der Waals surface area contributed by atoms with Crippen molar-refractivity contribution in [2.75, 3.05) is 0 Å². The zero-order valence-electron chi connectivity index (χ0n) is 8.91. The van der Waals surface area contributed by atoms with Crippen LogP contribution in [0.25, 0.3) is 0 Å². The summed E-state index contributed by atoms with van der Waals surface area (Å²) < 4.78 is 0. The number of benzene rings is 1. The van der Waals surface area contributed by atoms with Crippen molar-refractivity contribution in [1.82, 2.24) is 0 Å². The highest BCUT2D eigenvalue weighted by molar-refractivity contribution is 5.64. The molecule has 0 bridgehead atoms. The van der Waals surface area contributed by atoms with Crippen LogP contribution >= 0.6 is 0 Å². The summed E-state index contributed by atoms with van der Waals surface area (Å²) >= 11 is 0. The Hall–Kier alpha value is -1.11. The van der Waals surface area contributed by atoms with Gasteiger partial charge in [-0.1, -0.05) is 18.2 Å². The first-order valence-corrected chi connectivity index (χ1v) is 5.96. The van der Waals surface area contributed by atoms with Crippen LogP contribution in [-0.2, 0) is 11.2 Å². The molecular weight excluding hydrogens is 184 g/mol. The van der Waals surface area contributed by atoms with Crippen molar-refractivity contribution < 1.29 is 4.79 Å². The van der Waals surface area contributed by atoms with E-state index < -0.39 is 0 Å². The van der Waals surface area contributed by atoms with E-state index in [1.165, 1.54) is 36.0 Å². The summed E-state index contributed by atoms with van der Waals surface area (Å²) in [6.45, 7) is 0. The summed E-state index contributed by atoms with van der Waals surface area (Å²) in [5.41, 5.74) is 4.19. The molecule has 2 aliphatic rings. The first-order valence-electron chi connectivity index (χ1n) is 5.96. The van der Waals surface area contributed by atoms with Gasteiger partial charge in [0.25, 0.3) is 0 Å². The van der Waals surface area contributed by atoms with Gasteiger partial charge >= 0.3 is 0 Å². The van der Waals surface area contributed by atoms with Gasteiger partial charge in [0.05, 0.1) is 0 Å². The molecule has 0 amide bonds. The lowest BCUT2D eigenvalue weighted by Crippen LogP contribution is -2.11. The fourth-order valence-electron chi connectivity index (χ4n) is 2.67. The number of carbonyl (C=O) groups is 1. The average molecular weight is 200 g/mol. The molecule has 1 heteroatoms. The van der Waals surface area contributed by atoms with Gasteiger partial charge in [0, 0.05) is 5.92 Å². The number of carbonyl (C=O) groups excluding carboxylic acids is 1. The Bertz CT molecular complexity index is 390. The molecule has 1 unspecified atom stereocenters. The van der Waals surface area contributed by atoms with Crippen LogP contribution in [0.3, 0.4) is 0 Å². The average Bonchev–Trinajstić information content (AvgIpc) is 3.11. The second-order valence-corrected chi connectivity index (χ2v) is 4.87. The lowest BCUT2D eigenvalue weighted by Gasteiger charge is -2.22. The third-order valence-corrected chi connectivity index (χ3v) is 3.74. The zero-order chi connectivity index (χ0) is 10.3. The number of rotatable bonds is 2. The van der Waals surface area contributed by atoms with E-state index in [2.05, 4.69) is 18.2 Å². The van der Waals surface area contributed by atoms with E-state index in [-0.39, 0.29) is 5.92 Å². The highest BCUT2D eigenvalue weighted by atomic mass is 16.1. The van der Waals surface area contributed by atoms with Crippen molar-refractivity contribution in [3.8, 4) is 0 Å². The van der Waals surface area contributed by atoms with Crippen LogP contribution in [0.4, 0.5) is 0 Å². The molecule has 3 rings (SSSR count). The van der Waals surface area contributed by atoms with E-state index in [1.807, 2.05) is 0 Å². The molecule has 1 saturated carbocycles. The van der Waals surface area contributed by atoms with Crippen LogP contribution in [0.5, 0.6) is 0 Å². The molecule has 0 radical (unpaired) electrons. The molecule has 0 aromatic heterocycles. The molecular formula is C14H16O. The summed E-state index contributed by atoms with van der Waals surface area (Å²) in [6, 6.07) is 6.81. The summed E-state index contributed by atoms with van der Waals surface area (Å²) in [7, 11) is 0. The van der Waals surface area contributed by atoms with Gasteiger partial charge in [-0.05, 0) is 54.7 Å². The fourth-order valence-corrected chi connectivity index (χ4v) is 2.67. The van der Waals surface area contributed by atoms with Crippen molar-refractivity contribution in [2.45, 2.75) is 43.9 Å². The SMILES string of the molecule is O=CC1CCCc2ccc(C3CC3)cc21. The minimum Gasteiger partial charge on any atom is -0.303 e. The molecule has 1 atom stereocenters. The van der Waals surface area contributed by atoms with Gasteiger partial charge in [0.1, 0.15) is 6.29 Å². The summed E-state index contributed by atoms with van der Waals surface area (Å²) in [5.74, 6) is 0.969. The normalized spacial score (nSPS) is 24.7. The molecule has 2 aliphatic carbocycles. The van der Waals surface area contributed by atoms with Crippen LogP contribution < -0.4 is 0 Å². The van der Waals surface area contributed by atoms with Crippen molar-refractivity contribution in [3.63, 3.8) is 0 Å². The second kappa shape index (κ2) is 3.48. The number of aldehydes is 1. The molecule has 0 N–H and O–H groups in total. The third kappa shape index (κ3) is 1.60. The van der Waals surface area contributed by atoms with Crippen molar-refractivity contribution in [3.05, 3.63) is 34.9 Å². The lowest BCUT2D eigenvalue weighted by atomic mass is 9.82. The third-order valence-electron chi connectivity index (χ3n) is 3.74. The molecule has 0 saturated heterocycles. The summed E-state index contributed by atoms with van der Waals surface area (Å²) in [6.07, 6.45) is 7.18. The van der Waals surface area contributed by atoms with Gasteiger partial charge in [0.15, 0.2) is 0 Å². The topological polar surface area (TPSA) is 17.1 Å². The van der Waals surface area contributed by atoms with Crippen molar-refractivity contribution >= 4 is 6.29 Å². The van der Waals surface area contributed by atoms with E-state index in [1.54, 1.807) is 0 Å². The van der Waals surface area contributed by atoms with Gasteiger partial charge in [-0.2, -0.15) is 0 Å². The smallest absolute Gasteiger partial charge is 0.127 e. The van der Waals surface area contributed by atoms with Crippen LogP contribution in [0.2, 0.25) is 0 Å². The van der Waals surface area contributed by atoms with Gasteiger partial charge in [-0.15, -0.1) is 0 Å². The fraction of sp³-hybridized carbons (Fsp3) is 0.500. The maximum atomic E-state index is 11.0. The molecule has 1 aromatic carbocycles. The molecule has 1 aromatic rings. The maximum Gasteiger partial charge on any atom is 0.127 e. The largest absolute Gasteiger partial charge is 0.303 e. The van der Waals surface area contributed by atoms with Crippen LogP contribution in [0.1, 0.15) is 54.2 Å². The highest BCUT2D eigenvalue weighted by Crippen LogP contribution is 2.42. The monoisotopic (exact) mass is 200 g/mol. The van der Waals surface area contributed by atoms with E-state index in [0.29, 0.717) is 0 Å². The molecule has 1 nitrogen and oxygen atoms in total. The molecule has 78 valence electrons. The number of aryl methyl sites for hydroxylation is 1. The predicted molar refractivity (Wildman–Crippen MR) is 60.2 cm³/mol. The Balaban J connectivity index is 2.02. The van der Waals surface area contributed by atoms with Crippen molar-refractivity contribution in [1.29, 1.82) is 0 Å². The maximum absolute atomic E-state index is 11.0. The van der Waals surface area contributed by atoms with E-state index in [9.17, 15) is 4.79 Å². The van der Waals surface area contributed by atoms with Crippen LogP contribution in [-0.4, -0.2) is 6.29 Å². The zero-order valence-corrected chi connectivity index (χ0v) is 8.91. The summed E-state index contributed by atoms with van der Waals surface area (Å²) in [4.78, 5) is 11.0. The molecule has 1 fully saturated rings. The molecule has 0 aliphatic heterocycles. The predicted octanol–water partition coefficient (Wildman–Crippen LogP) is 3.18. The lowest BCUT2D eigenvalue weighted by molar-refractivity contribution is -0.109. The first kappa shape index (κ1) is 9.14. The number of fused-ring (bicyclic) bond motifs is 1. The Kier molecular flexibility index (Phi) is 2.12. The Morgan fingerprint density at radius 1 is 1.20 bits per heavy atom. The summed E-state index contributed by atoms with van der Waals surface area (Å²) in [5, 5.41) is 0. The standard InChI is InChI=1S/C14H16O/c15-9-13-3-1-2-11-6-7-12(8-14(11)13)10-4-5-10/h6-10,13H,1-5H2. The molecule has 0 spiro atoms. The first-order chi connectivity index (χ1) is 7.38. The Labute approximate surface area is 90.5 Å². The second-order valence-electron chi connectivity index (χ2n) is 4.87. The van der Waals surface area contributed by atoms with E-state index >= 15 is 0 Å². The van der Waals surface area contributed by atoms with E-state index in [4.69, 9.17) is 0 Å².